The van der Waals surface area contributed by atoms with Gasteiger partial charge in [-0.2, -0.15) is 0 Å². The molecule has 0 spiro atoms. The van der Waals surface area contributed by atoms with E-state index in [2.05, 4.69) is 0 Å². The van der Waals surface area contributed by atoms with Gasteiger partial charge in [0.15, 0.2) is 11.3 Å². The van der Waals surface area contributed by atoms with E-state index in [1.54, 1.807) is 0 Å². The van der Waals surface area contributed by atoms with Crippen molar-refractivity contribution in [2.45, 2.75) is 39.2 Å². The highest BCUT2D eigenvalue weighted by Crippen LogP contribution is 2.44. The third-order valence-corrected chi connectivity index (χ3v) is 3.62. The van der Waals surface area contributed by atoms with Gasteiger partial charge in [0.1, 0.15) is 5.60 Å². The van der Waals surface area contributed by atoms with Gasteiger partial charge in [-0.3, -0.25) is 0 Å². The van der Waals surface area contributed by atoms with E-state index in [9.17, 15) is 9.90 Å². The molecule has 19 heavy (non-hydrogen) atoms. The molecule has 0 saturated carbocycles. The SMILES string of the molecule is Cc1cc(=O)oc2c(O)c3c(cc12)CCC(C)(C)O3. The molecule has 0 aliphatic carbocycles. The number of phenols is 1. The highest BCUT2D eigenvalue weighted by molar-refractivity contribution is 5.89. The van der Waals surface area contributed by atoms with Gasteiger partial charge >= 0.3 is 5.63 Å². The molecule has 0 saturated heterocycles. The first-order valence-corrected chi connectivity index (χ1v) is 6.36. The van der Waals surface area contributed by atoms with Crippen LogP contribution in [-0.4, -0.2) is 10.7 Å². The van der Waals surface area contributed by atoms with Crippen LogP contribution in [0, 0.1) is 6.92 Å². The van der Waals surface area contributed by atoms with E-state index in [4.69, 9.17) is 9.15 Å². The average molecular weight is 260 g/mol. The van der Waals surface area contributed by atoms with E-state index in [1.807, 2.05) is 26.8 Å². The largest absolute Gasteiger partial charge is 0.502 e. The van der Waals surface area contributed by atoms with Gasteiger partial charge < -0.3 is 14.3 Å². The number of fused-ring (bicyclic) bond motifs is 2. The molecule has 1 N–H and O–H groups in total. The summed E-state index contributed by atoms with van der Waals surface area (Å²) in [6, 6.07) is 3.37. The van der Waals surface area contributed by atoms with Crippen molar-refractivity contribution in [3.05, 3.63) is 33.7 Å². The number of ether oxygens (including phenoxy) is 1. The van der Waals surface area contributed by atoms with Crippen LogP contribution < -0.4 is 10.4 Å². The molecule has 2 heterocycles. The second kappa shape index (κ2) is 3.76. The Balaban J connectivity index is 2.35. The van der Waals surface area contributed by atoms with Crippen molar-refractivity contribution in [3.63, 3.8) is 0 Å². The summed E-state index contributed by atoms with van der Waals surface area (Å²) in [7, 11) is 0. The molecular formula is C15H16O4. The summed E-state index contributed by atoms with van der Waals surface area (Å²) in [4.78, 5) is 11.4. The Kier molecular flexibility index (Phi) is 2.39. The summed E-state index contributed by atoms with van der Waals surface area (Å²) in [5, 5.41) is 11.1. The first-order valence-electron chi connectivity index (χ1n) is 6.36. The average Bonchev–Trinajstić information content (AvgIpc) is 2.31. The fourth-order valence-corrected chi connectivity index (χ4v) is 2.53. The zero-order valence-corrected chi connectivity index (χ0v) is 11.2. The van der Waals surface area contributed by atoms with E-state index >= 15 is 0 Å². The number of rotatable bonds is 0. The molecule has 1 aromatic carbocycles. The van der Waals surface area contributed by atoms with Gasteiger partial charge in [-0.05, 0) is 50.8 Å². The minimum absolute atomic E-state index is 0.0684. The number of hydrogen-bond acceptors (Lipinski definition) is 4. The van der Waals surface area contributed by atoms with Gasteiger partial charge in [-0.25, -0.2) is 4.79 Å². The Morgan fingerprint density at radius 1 is 1.32 bits per heavy atom. The molecule has 0 amide bonds. The lowest BCUT2D eigenvalue weighted by molar-refractivity contribution is 0.0808. The van der Waals surface area contributed by atoms with Crippen LogP contribution in [-0.2, 0) is 6.42 Å². The number of benzene rings is 1. The van der Waals surface area contributed by atoms with Crippen LogP contribution >= 0.6 is 0 Å². The van der Waals surface area contributed by atoms with Gasteiger partial charge in [0.25, 0.3) is 0 Å². The molecule has 2 aromatic rings. The topological polar surface area (TPSA) is 59.7 Å². The van der Waals surface area contributed by atoms with Crippen LogP contribution in [0.3, 0.4) is 0 Å². The molecule has 4 heteroatoms. The molecule has 0 fully saturated rings. The van der Waals surface area contributed by atoms with Gasteiger partial charge in [-0.15, -0.1) is 0 Å². The van der Waals surface area contributed by atoms with Crippen molar-refractivity contribution in [1.82, 2.24) is 0 Å². The second-order valence-electron chi connectivity index (χ2n) is 5.70. The fourth-order valence-electron chi connectivity index (χ4n) is 2.53. The predicted molar refractivity (Wildman–Crippen MR) is 71.9 cm³/mol. The van der Waals surface area contributed by atoms with Crippen molar-refractivity contribution in [1.29, 1.82) is 0 Å². The highest BCUT2D eigenvalue weighted by atomic mass is 16.5. The van der Waals surface area contributed by atoms with Crippen LogP contribution in [0.15, 0.2) is 21.3 Å². The van der Waals surface area contributed by atoms with E-state index in [0.29, 0.717) is 5.75 Å². The second-order valence-corrected chi connectivity index (χ2v) is 5.70. The summed E-state index contributed by atoms with van der Waals surface area (Å²) in [5.74, 6) is 0.374. The summed E-state index contributed by atoms with van der Waals surface area (Å²) >= 11 is 0. The summed E-state index contributed by atoms with van der Waals surface area (Å²) in [6.07, 6.45) is 1.73. The number of aryl methyl sites for hydroxylation is 2. The Morgan fingerprint density at radius 3 is 2.79 bits per heavy atom. The molecule has 4 nitrogen and oxygen atoms in total. The van der Waals surface area contributed by atoms with Gasteiger partial charge in [0.2, 0.25) is 5.75 Å². The number of aromatic hydroxyl groups is 1. The molecule has 3 rings (SSSR count). The third-order valence-electron chi connectivity index (χ3n) is 3.62. The van der Waals surface area contributed by atoms with Crippen molar-refractivity contribution in [2.24, 2.45) is 0 Å². The Hall–Kier alpha value is -1.97. The Bertz CT molecular complexity index is 725. The standard InChI is InChI=1S/C15H16O4/c1-8-6-11(16)18-14-10(8)7-9-4-5-15(2,3)19-13(9)12(14)17/h6-7,17H,4-5H2,1-3H3. The number of hydrogen-bond donors (Lipinski definition) is 1. The fraction of sp³-hybridized carbons (Fsp3) is 0.400. The maximum absolute atomic E-state index is 11.4. The highest BCUT2D eigenvalue weighted by Gasteiger charge is 2.30. The zero-order chi connectivity index (χ0) is 13.8. The molecule has 0 unspecified atom stereocenters. The molecule has 0 atom stereocenters. The lowest BCUT2D eigenvalue weighted by Crippen LogP contribution is -2.32. The smallest absolute Gasteiger partial charge is 0.336 e. The molecule has 1 aromatic heterocycles. The maximum atomic E-state index is 11.4. The monoisotopic (exact) mass is 260 g/mol. The minimum atomic E-state index is -0.463. The molecule has 0 bridgehead atoms. The molecular weight excluding hydrogens is 244 g/mol. The van der Waals surface area contributed by atoms with E-state index in [1.165, 1.54) is 6.07 Å². The quantitative estimate of drug-likeness (QED) is 0.740. The van der Waals surface area contributed by atoms with Crippen LogP contribution in [0.1, 0.15) is 31.4 Å². The molecule has 1 aliphatic rings. The third kappa shape index (κ3) is 1.87. The normalized spacial score (nSPS) is 17.0. The van der Waals surface area contributed by atoms with Crippen molar-refractivity contribution < 1.29 is 14.3 Å². The lowest BCUT2D eigenvalue weighted by atomic mass is 9.92. The summed E-state index contributed by atoms with van der Waals surface area (Å²) in [5.41, 5.74) is 1.19. The van der Waals surface area contributed by atoms with Crippen molar-refractivity contribution in [3.8, 4) is 11.5 Å². The number of phenolic OH excluding ortho intramolecular Hbond substituents is 1. The summed E-state index contributed by atoms with van der Waals surface area (Å²) < 4.78 is 10.9. The van der Waals surface area contributed by atoms with Crippen LogP contribution in [0.5, 0.6) is 11.5 Å². The van der Waals surface area contributed by atoms with Gasteiger partial charge in [0, 0.05) is 11.5 Å². The van der Waals surface area contributed by atoms with Gasteiger partial charge in [-0.1, -0.05) is 0 Å². The zero-order valence-electron chi connectivity index (χ0n) is 11.2. The van der Waals surface area contributed by atoms with E-state index in [-0.39, 0.29) is 16.9 Å². The molecule has 100 valence electrons. The first kappa shape index (κ1) is 12.1. The summed E-state index contributed by atoms with van der Waals surface area (Å²) in [6.45, 7) is 5.79. The van der Waals surface area contributed by atoms with Crippen LogP contribution in [0.4, 0.5) is 0 Å². The predicted octanol–water partition coefficient (Wildman–Crippen LogP) is 2.91. The van der Waals surface area contributed by atoms with E-state index < -0.39 is 5.63 Å². The molecule has 1 aliphatic heterocycles. The first-order chi connectivity index (χ1) is 8.87. The van der Waals surface area contributed by atoms with Crippen molar-refractivity contribution >= 4 is 11.0 Å². The van der Waals surface area contributed by atoms with Gasteiger partial charge in [0.05, 0.1) is 0 Å². The van der Waals surface area contributed by atoms with E-state index in [0.717, 1.165) is 29.4 Å². The van der Waals surface area contributed by atoms with Crippen molar-refractivity contribution in [2.75, 3.05) is 0 Å². The molecule has 0 radical (unpaired) electrons. The Labute approximate surface area is 110 Å². The maximum Gasteiger partial charge on any atom is 0.336 e. The van der Waals surface area contributed by atoms with Crippen LogP contribution in [0.2, 0.25) is 0 Å². The Morgan fingerprint density at radius 2 is 2.05 bits per heavy atom. The minimum Gasteiger partial charge on any atom is -0.502 e. The lowest BCUT2D eigenvalue weighted by Gasteiger charge is -2.33. The van der Waals surface area contributed by atoms with Crippen LogP contribution in [0.25, 0.3) is 11.0 Å².